The van der Waals surface area contributed by atoms with Gasteiger partial charge in [0, 0.05) is 24.3 Å². The molecule has 0 saturated heterocycles. The van der Waals surface area contributed by atoms with Crippen molar-refractivity contribution in [1.29, 1.82) is 0 Å². The van der Waals surface area contributed by atoms with Gasteiger partial charge in [-0.1, -0.05) is 40.2 Å². The van der Waals surface area contributed by atoms with Gasteiger partial charge in [-0.3, -0.25) is 19.2 Å². The van der Waals surface area contributed by atoms with Crippen LogP contribution in [-0.2, 0) is 71.5 Å². The fraction of sp³-hybridized carbons (Fsp3) is 0.529. The molecule has 0 aliphatic heterocycles. The Morgan fingerprint density at radius 2 is 0.776 bits per heavy atom. The van der Waals surface area contributed by atoms with Crippen LogP contribution in [0.15, 0.2) is 50.6 Å². The average molecular weight is 695 g/mol. The SMILES string of the molecule is C=CC(=O)OCC(CC)(COC(=O)C=C)COC(=O)CC(CC(=O)OCC(CC)(COC(=O)C=C)COC(=O)C=C)(C(C)=O)C(=O)OCC. The Labute approximate surface area is 285 Å². The monoisotopic (exact) mass is 694 g/mol. The molecule has 15 heteroatoms. The van der Waals surface area contributed by atoms with Crippen LogP contribution in [0, 0.1) is 16.2 Å². The first-order chi connectivity index (χ1) is 23.1. The van der Waals surface area contributed by atoms with E-state index in [2.05, 4.69) is 26.3 Å². The zero-order chi connectivity index (χ0) is 37.7. The van der Waals surface area contributed by atoms with E-state index in [9.17, 15) is 38.4 Å². The molecule has 0 aromatic rings. The van der Waals surface area contributed by atoms with Gasteiger partial charge in [-0.25, -0.2) is 19.2 Å². The number of hydrogen-bond donors (Lipinski definition) is 0. The number of esters is 7. The summed E-state index contributed by atoms with van der Waals surface area (Å²) in [5.74, 6) is -7.51. The van der Waals surface area contributed by atoms with Crippen molar-refractivity contribution in [2.24, 2.45) is 16.2 Å². The third-order valence-corrected chi connectivity index (χ3v) is 7.56. The van der Waals surface area contributed by atoms with E-state index < -0.39 is 89.9 Å². The molecule has 49 heavy (non-hydrogen) atoms. The Morgan fingerprint density at radius 1 is 0.490 bits per heavy atom. The molecule has 0 aliphatic rings. The van der Waals surface area contributed by atoms with Gasteiger partial charge in [-0.05, 0) is 26.7 Å². The molecule has 0 heterocycles. The van der Waals surface area contributed by atoms with Gasteiger partial charge in [0.2, 0.25) is 0 Å². The van der Waals surface area contributed by atoms with Crippen molar-refractivity contribution in [3.63, 3.8) is 0 Å². The van der Waals surface area contributed by atoms with Crippen molar-refractivity contribution < 1.29 is 71.5 Å². The molecule has 15 nitrogen and oxygen atoms in total. The van der Waals surface area contributed by atoms with Gasteiger partial charge < -0.3 is 33.2 Å². The predicted molar refractivity (Wildman–Crippen MR) is 171 cm³/mol. The van der Waals surface area contributed by atoms with Crippen molar-refractivity contribution in [2.75, 3.05) is 46.2 Å². The maximum Gasteiger partial charge on any atom is 0.330 e. The van der Waals surface area contributed by atoms with Crippen LogP contribution in [0.25, 0.3) is 0 Å². The Bertz CT molecular complexity index is 1140. The predicted octanol–water partition coefficient (Wildman–Crippen LogP) is 2.70. The molecular formula is C34H46O15. The standard InChI is InChI=1S/C34H46O15/c1-9-25(36)44-18-32(13-5,19-45-26(37)10-2)22-48-29(40)16-34(24(8)35,31(42)43-15-7)17-30(41)49-23-33(14-6,20-46-27(38)11-3)21-47-28(39)12-4/h9-12H,1-4,13-23H2,5-8H3. The average Bonchev–Trinajstić information content (AvgIpc) is 3.10. The minimum absolute atomic E-state index is 0.167. The summed E-state index contributed by atoms with van der Waals surface area (Å²) in [6, 6.07) is 0. The molecule has 0 aliphatic carbocycles. The second-order valence-electron chi connectivity index (χ2n) is 11.0. The van der Waals surface area contributed by atoms with Gasteiger partial charge >= 0.3 is 41.8 Å². The minimum atomic E-state index is -2.39. The fourth-order valence-electron chi connectivity index (χ4n) is 3.93. The molecule has 0 aromatic heterocycles. The molecule has 0 amide bonds. The number of ether oxygens (including phenoxy) is 7. The molecule has 0 aromatic carbocycles. The lowest BCUT2D eigenvalue weighted by Gasteiger charge is -2.32. The van der Waals surface area contributed by atoms with Crippen molar-refractivity contribution >= 4 is 47.6 Å². The second kappa shape index (κ2) is 21.7. The Kier molecular flexibility index (Phi) is 19.5. The maximum atomic E-state index is 13.2. The minimum Gasteiger partial charge on any atom is -0.465 e. The molecule has 0 unspecified atom stereocenters. The lowest BCUT2D eigenvalue weighted by Crippen LogP contribution is -2.45. The van der Waals surface area contributed by atoms with Gasteiger partial charge in [0.1, 0.15) is 50.8 Å². The summed E-state index contributed by atoms with van der Waals surface area (Å²) in [7, 11) is 0. The van der Waals surface area contributed by atoms with E-state index in [-0.39, 0.29) is 45.9 Å². The van der Waals surface area contributed by atoms with Crippen LogP contribution < -0.4 is 0 Å². The van der Waals surface area contributed by atoms with E-state index in [1.54, 1.807) is 13.8 Å². The first kappa shape index (κ1) is 43.9. The number of hydrogen-bond acceptors (Lipinski definition) is 15. The zero-order valence-corrected chi connectivity index (χ0v) is 28.5. The molecule has 0 spiro atoms. The highest BCUT2D eigenvalue weighted by atomic mass is 16.6. The van der Waals surface area contributed by atoms with Crippen LogP contribution in [0.3, 0.4) is 0 Å². The first-order valence-corrected chi connectivity index (χ1v) is 15.2. The first-order valence-electron chi connectivity index (χ1n) is 15.2. The van der Waals surface area contributed by atoms with Crippen molar-refractivity contribution in [3.8, 4) is 0 Å². The number of carbonyl (C=O) groups is 8. The highest BCUT2D eigenvalue weighted by Gasteiger charge is 2.50. The Hall–Kier alpha value is -5.08. The number of Topliss-reactive ketones (excluding diaryl/α,β-unsaturated/α-hetero) is 1. The molecule has 0 fully saturated rings. The fourth-order valence-corrected chi connectivity index (χ4v) is 3.93. The number of carbonyl (C=O) groups excluding carboxylic acids is 8. The third kappa shape index (κ3) is 14.7. The molecule has 0 saturated carbocycles. The number of rotatable bonds is 25. The van der Waals surface area contributed by atoms with E-state index in [0.29, 0.717) is 0 Å². The summed E-state index contributed by atoms with van der Waals surface area (Å²) in [6.07, 6.45) is 2.06. The van der Waals surface area contributed by atoms with Crippen molar-refractivity contribution in [1.82, 2.24) is 0 Å². The van der Waals surface area contributed by atoms with Gasteiger partial charge in [0.15, 0.2) is 0 Å². The largest absolute Gasteiger partial charge is 0.465 e. The Morgan fingerprint density at radius 3 is 1.00 bits per heavy atom. The zero-order valence-electron chi connectivity index (χ0n) is 28.5. The van der Waals surface area contributed by atoms with Gasteiger partial charge in [-0.2, -0.15) is 0 Å². The summed E-state index contributed by atoms with van der Waals surface area (Å²) in [6.45, 7) is 16.3. The van der Waals surface area contributed by atoms with E-state index in [4.69, 9.17) is 33.2 Å². The van der Waals surface area contributed by atoms with Crippen LogP contribution in [0.4, 0.5) is 0 Å². The molecule has 272 valence electrons. The highest BCUT2D eigenvalue weighted by molar-refractivity contribution is 6.07. The van der Waals surface area contributed by atoms with Gasteiger partial charge in [0.25, 0.3) is 0 Å². The van der Waals surface area contributed by atoms with Crippen molar-refractivity contribution in [2.45, 2.75) is 53.4 Å². The molecular weight excluding hydrogens is 648 g/mol. The molecule has 0 bridgehead atoms. The van der Waals surface area contributed by atoms with Crippen LogP contribution in [0.5, 0.6) is 0 Å². The van der Waals surface area contributed by atoms with E-state index in [1.165, 1.54) is 6.92 Å². The van der Waals surface area contributed by atoms with Crippen LogP contribution in [0.1, 0.15) is 53.4 Å². The number of ketones is 1. The summed E-state index contributed by atoms with van der Waals surface area (Å²) in [5, 5.41) is 0. The smallest absolute Gasteiger partial charge is 0.330 e. The third-order valence-electron chi connectivity index (χ3n) is 7.56. The molecule has 0 rings (SSSR count). The quantitative estimate of drug-likeness (QED) is 0.0584. The normalized spacial score (nSPS) is 11.1. The van der Waals surface area contributed by atoms with Crippen LogP contribution in [0.2, 0.25) is 0 Å². The molecule has 0 atom stereocenters. The molecule has 0 N–H and O–H groups in total. The topological polar surface area (TPSA) is 201 Å². The van der Waals surface area contributed by atoms with Crippen LogP contribution in [-0.4, -0.2) is 93.8 Å². The maximum absolute atomic E-state index is 13.2. The van der Waals surface area contributed by atoms with Crippen LogP contribution >= 0.6 is 0 Å². The van der Waals surface area contributed by atoms with E-state index in [0.717, 1.165) is 31.2 Å². The second-order valence-corrected chi connectivity index (χ2v) is 11.0. The van der Waals surface area contributed by atoms with E-state index in [1.807, 2.05) is 0 Å². The summed E-state index contributed by atoms with van der Waals surface area (Å²) in [4.78, 5) is 99.7. The summed E-state index contributed by atoms with van der Waals surface area (Å²) < 4.78 is 36.4. The highest BCUT2D eigenvalue weighted by Crippen LogP contribution is 2.33. The van der Waals surface area contributed by atoms with E-state index >= 15 is 0 Å². The summed E-state index contributed by atoms with van der Waals surface area (Å²) >= 11 is 0. The van der Waals surface area contributed by atoms with Gasteiger partial charge in [0.05, 0.1) is 30.3 Å². The Balaban J connectivity index is 6.24. The lowest BCUT2D eigenvalue weighted by molar-refractivity contribution is -0.175. The summed E-state index contributed by atoms with van der Waals surface area (Å²) in [5.41, 5.74) is -4.88. The van der Waals surface area contributed by atoms with Crippen molar-refractivity contribution in [3.05, 3.63) is 50.6 Å². The van der Waals surface area contributed by atoms with Gasteiger partial charge in [-0.15, -0.1) is 0 Å². The molecule has 0 radical (unpaired) electrons. The lowest BCUT2D eigenvalue weighted by atomic mass is 9.77.